The van der Waals surface area contributed by atoms with E-state index in [0.717, 1.165) is 6.42 Å². The molecule has 8 nitrogen and oxygen atoms in total. The SMILES string of the molecule is O=C(Nc1c[nH]nc1N1CCCC(F)C1)c1cnn2cccnc12. The molecule has 1 unspecified atom stereocenters. The van der Waals surface area contributed by atoms with Crippen LogP contribution in [0.25, 0.3) is 5.65 Å². The lowest BCUT2D eigenvalue weighted by atomic mass is 10.1. The smallest absolute Gasteiger partial charge is 0.261 e. The van der Waals surface area contributed by atoms with Crippen molar-refractivity contribution in [1.82, 2.24) is 24.8 Å². The van der Waals surface area contributed by atoms with Crippen molar-refractivity contribution in [3.63, 3.8) is 0 Å². The number of carbonyl (C=O) groups is 1. The minimum absolute atomic E-state index is 0.284. The third-order valence-electron chi connectivity index (χ3n) is 4.06. The van der Waals surface area contributed by atoms with Crippen molar-refractivity contribution in [1.29, 1.82) is 0 Å². The van der Waals surface area contributed by atoms with Gasteiger partial charge in [0.1, 0.15) is 17.4 Å². The van der Waals surface area contributed by atoms with Crippen LogP contribution >= 0.6 is 0 Å². The van der Waals surface area contributed by atoms with E-state index in [1.54, 1.807) is 24.7 Å². The van der Waals surface area contributed by atoms with Crippen LogP contribution in [0.4, 0.5) is 15.9 Å². The second-order valence-corrected chi connectivity index (χ2v) is 5.71. The van der Waals surface area contributed by atoms with Gasteiger partial charge in [-0.3, -0.25) is 9.89 Å². The van der Waals surface area contributed by atoms with Crippen LogP contribution in [0.3, 0.4) is 0 Å². The lowest BCUT2D eigenvalue weighted by molar-refractivity contribution is 0.102. The molecule has 3 aromatic rings. The number of aromatic nitrogens is 5. The average Bonchev–Trinajstić information content (AvgIpc) is 3.21. The summed E-state index contributed by atoms with van der Waals surface area (Å²) in [6.07, 6.45) is 6.84. The monoisotopic (exact) mass is 329 g/mol. The summed E-state index contributed by atoms with van der Waals surface area (Å²) in [6.45, 7) is 0.998. The maximum Gasteiger partial charge on any atom is 0.261 e. The van der Waals surface area contributed by atoms with E-state index in [9.17, 15) is 9.18 Å². The molecule has 2 N–H and O–H groups in total. The molecule has 0 aromatic carbocycles. The molecule has 0 bridgehead atoms. The number of anilines is 2. The van der Waals surface area contributed by atoms with Crippen molar-refractivity contribution in [3.8, 4) is 0 Å². The molecule has 0 aliphatic carbocycles. The number of carbonyl (C=O) groups excluding carboxylic acids is 1. The fourth-order valence-corrected chi connectivity index (χ4v) is 2.91. The maximum atomic E-state index is 13.6. The van der Waals surface area contributed by atoms with Crippen LogP contribution in [0.15, 0.2) is 30.9 Å². The molecule has 4 rings (SSSR count). The van der Waals surface area contributed by atoms with Crippen LogP contribution in [0.1, 0.15) is 23.2 Å². The minimum Gasteiger partial charge on any atom is -0.351 e. The van der Waals surface area contributed by atoms with Gasteiger partial charge in [0.2, 0.25) is 0 Å². The van der Waals surface area contributed by atoms with Gasteiger partial charge in [-0.15, -0.1) is 0 Å². The van der Waals surface area contributed by atoms with E-state index in [4.69, 9.17) is 0 Å². The topological polar surface area (TPSA) is 91.2 Å². The molecule has 124 valence electrons. The normalized spacial score (nSPS) is 18.0. The number of H-pyrrole nitrogens is 1. The zero-order chi connectivity index (χ0) is 16.5. The Bertz CT molecular complexity index is 873. The number of halogens is 1. The van der Waals surface area contributed by atoms with Gasteiger partial charge in [0.15, 0.2) is 11.5 Å². The van der Waals surface area contributed by atoms with Gasteiger partial charge in [0.05, 0.1) is 12.7 Å². The molecule has 4 heterocycles. The first kappa shape index (κ1) is 14.6. The number of nitrogens with zero attached hydrogens (tertiary/aromatic N) is 5. The molecule has 1 saturated heterocycles. The van der Waals surface area contributed by atoms with E-state index in [-0.39, 0.29) is 12.5 Å². The highest BCUT2D eigenvalue weighted by molar-refractivity contribution is 6.09. The Morgan fingerprint density at radius 2 is 2.38 bits per heavy atom. The first-order valence-electron chi connectivity index (χ1n) is 7.75. The summed E-state index contributed by atoms with van der Waals surface area (Å²) in [5.74, 6) is 0.218. The number of piperidine rings is 1. The molecule has 1 fully saturated rings. The quantitative estimate of drug-likeness (QED) is 0.762. The van der Waals surface area contributed by atoms with Gasteiger partial charge in [-0.2, -0.15) is 10.2 Å². The fourth-order valence-electron chi connectivity index (χ4n) is 2.91. The molecule has 3 aromatic heterocycles. The Labute approximate surface area is 136 Å². The highest BCUT2D eigenvalue weighted by atomic mass is 19.1. The summed E-state index contributed by atoms with van der Waals surface area (Å²) in [5, 5.41) is 13.8. The second kappa shape index (κ2) is 5.91. The molecule has 9 heteroatoms. The zero-order valence-corrected chi connectivity index (χ0v) is 12.8. The maximum absolute atomic E-state index is 13.6. The average molecular weight is 329 g/mol. The van der Waals surface area contributed by atoms with Gasteiger partial charge in [0, 0.05) is 25.1 Å². The Balaban J connectivity index is 1.58. The van der Waals surface area contributed by atoms with E-state index in [1.807, 2.05) is 4.90 Å². The highest BCUT2D eigenvalue weighted by Gasteiger charge is 2.24. The number of amides is 1. The molecular weight excluding hydrogens is 313 g/mol. The molecule has 0 radical (unpaired) electrons. The molecule has 0 saturated carbocycles. The van der Waals surface area contributed by atoms with Crippen LogP contribution in [-0.4, -0.2) is 50.0 Å². The second-order valence-electron chi connectivity index (χ2n) is 5.71. The molecule has 24 heavy (non-hydrogen) atoms. The number of fused-ring (bicyclic) bond motifs is 1. The van der Waals surface area contributed by atoms with Gasteiger partial charge in [-0.25, -0.2) is 13.9 Å². The molecule has 0 spiro atoms. The van der Waals surface area contributed by atoms with E-state index < -0.39 is 6.17 Å². The summed E-state index contributed by atoms with van der Waals surface area (Å²) in [7, 11) is 0. The van der Waals surface area contributed by atoms with Gasteiger partial charge >= 0.3 is 0 Å². The summed E-state index contributed by atoms with van der Waals surface area (Å²) >= 11 is 0. The van der Waals surface area contributed by atoms with Gasteiger partial charge in [-0.05, 0) is 18.9 Å². The van der Waals surface area contributed by atoms with Crippen molar-refractivity contribution < 1.29 is 9.18 Å². The van der Waals surface area contributed by atoms with E-state index in [0.29, 0.717) is 35.7 Å². The largest absolute Gasteiger partial charge is 0.351 e. The fraction of sp³-hybridized carbons (Fsp3) is 0.333. The van der Waals surface area contributed by atoms with Crippen LogP contribution in [0.2, 0.25) is 0 Å². The van der Waals surface area contributed by atoms with E-state index >= 15 is 0 Å². The van der Waals surface area contributed by atoms with Crippen molar-refractivity contribution in [2.75, 3.05) is 23.3 Å². The van der Waals surface area contributed by atoms with Crippen LogP contribution in [-0.2, 0) is 0 Å². The molecule has 1 aliphatic heterocycles. The number of hydrogen-bond acceptors (Lipinski definition) is 5. The highest BCUT2D eigenvalue weighted by Crippen LogP contribution is 2.27. The minimum atomic E-state index is -0.872. The lowest BCUT2D eigenvalue weighted by Gasteiger charge is -2.29. The number of aromatic amines is 1. The van der Waals surface area contributed by atoms with Crippen molar-refractivity contribution >= 4 is 23.1 Å². The lowest BCUT2D eigenvalue weighted by Crippen LogP contribution is -2.37. The van der Waals surface area contributed by atoms with Crippen molar-refractivity contribution in [2.24, 2.45) is 0 Å². The molecule has 1 atom stereocenters. The van der Waals surface area contributed by atoms with Crippen molar-refractivity contribution in [2.45, 2.75) is 19.0 Å². The van der Waals surface area contributed by atoms with Gasteiger partial charge < -0.3 is 10.2 Å². The summed E-state index contributed by atoms with van der Waals surface area (Å²) < 4.78 is 15.2. The standard InChI is InChI=1S/C15H16FN7O/c16-10-3-1-5-22(9-10)14-12(8-18-21-14)20-15(24)11-7-19-23-6-2-4-17-13(11)23/h2,4,6-8,10H,1,3,5,9H2,(H,18,21)(H,20,24). The van der Waals surface area contributed by atoms with Gasteiger partial charge in [-0.1, -0.05) is 0 Å². The summed E-state index contributed by atoms with van der Waals surface area (Å²) in [5.41, 5.74) is 1.36. The predicted octanol–water partition coefficient (Wildman–Crippen LogP) is 1.64. The number of alkyl halides is 1. The molecule has 1 aliphatic rings. The number of hydrogen-bond donors (Lipinski definition) is 2. The van der Waals surface area contributed by atoms with Gasteiger partial charge in [0.25, 0.3) is 5.91 Å². The van der Waals surface area contributed by atoms with E-state index in [2.05, 4.69) is 25.6 Å². The Morgan fingerprint density at radius 3 is 3.25 bits per heavy atom. The molecular formula is C15H16FN7O. The third kappa shape index (κ3) is 2.57. The first-order chi connectivity index (χ1) is 11.7. The third-order valence-corrected chi connectivity index (χ3v) is 4.06. The summed E-state index contributed by atoms with van der Waals surface area (Å²) in [6, 6.07) is 1.74. The van der Waals surface area contributed by atoms with Crippen LogP contribution in [0.5, 0.6) is 0 Å². The van der Waals surface area contributed by atoms with Crippen LogP contribution < -0.4 is 10.2 Å². The van der Waals surface area contributed by atoms with Crippen LogP contribution in [0, 0.1) is 0 Å². The van der Waals surface area contributed by atoms with E-state index in [1.165, 1.54) is 10.7 Å². The Hall–Kier alpha value is -2.97. The van der Waals surface area contributed by atoms with Crippen molar-refractivity contribution in [3.05, 3.63) is 36.4 Å². The number of rotatable bonds is 3. The Morgan fingerprint density at radius 1 is 1.46 bits per heavy atom. The number of nitrogens with one attached hydrogen (secondary N) is 2. The summed E-state index contributed by atoms with van der Waals surface area (Å²) in [4.78, 5) is 18.6. The molecule has 1 amide bonds. The Kier molecular flexibility index (Phi) is 3.60. The zero-order valence-electron chi connectivity index (χ0n) is 12.8. The predicted molar refractivity (Wildman–Crippen MR) is 85.9 cm³/mol. The first-order valence-corrected chi connectivity index (χ1v) is 7.75.